The Morgan fingerprint density at radius 3 is 1.68 bits per heavy atom. The molecule has 0 saturated carbocycles. The van der Waals surface area contributed by atoms with Gasteiger partial charge >= 0.3 is 0 Å². The van der Waals surface area contributed by atoms with E-state index in [2.05, 4.69) is 184 Å². The summed E-state index contributed by atoms with van der Waals surface area (Å²) in [5.74, 6) is 0.942. The van der Waals surface area contributed by atoms with E-state index in [9.17, 15) is 0 Å². The molecule has 0 atom stereocenters. The van der Waals surface area contributed by atoms with Crippen LogP contribution in [0.5, 0.6) is 0 Å². The molecule has 2 nitrogen and oxygen atoms in total. The van der Waals surface area contributed by atoms with Crippen LogP contribution >= 0.6 is 15.9 Å². The van der Waals surface area contributed by atoms with Gasteiger partial charge in [-0.3, -0.25) is 4.57 Å². The van der Waals surface area contributed by atoms with Gasteiger partial charge in [0.05, 0.1) is 11.0 Å². The van der Waals surface area contributed by atoms with Crippen molar-refractivity contribution in [3.8, 4) is 17.1 Å². The highest BCUT2D eigenvalue weighted by Gasteiger charge is 2.41. The van der Waals surface area contributed by atoms with Gasteiger partial charge in [0.25, 0.3) is 0 Å². The third-order valence-corrected chi connectivity index (χ3v) is 13.0. The standard InChI is InChI=1S/C37H27BrN2Si/c38-29-15-13-23-34(27-29)41(31-18-6-2-7-19-31,32-20-8-3-9-21-32)33-22-12-14-28(26-33)37-39-35-24-10-11-25-36(35)40(37)30-16-4-1-5-17-30/h1-27H. The molecular formula is C37H27BrN2Si. The Labute approximate surface area is 249 Å². The molecule has 196 valence electrons. The quantitative estimate of drug-likeness (QED) is 0.150. The van der Waals surface area contributed by atoms with Crippen LogP contribution < -0.4 is 20.7 Å². The zero-order valence-electron chi connectivity index (χ0n) is 22.4. The first-order chi connectivity index (χ1) is 20.2. The van der Waals surface area contributed by atoms with Gasteiger partial charge in [-0.05, 0) is 57.1 Å². The van der Waals surface area contributed by atoms with E-state index in [1.54, 1.807) is 0 Å². The molecule has 0 aliphatic heterocycles. The molecule has 0 spiro atoms. The molecule has 1 aromatic heterocycles. The van der Waals surface area contributed by atoms with Crippen molar-refractivity contribution in [2.45, 2.75) is 0 Å². The van der Waals surface area contributed by atoms with E-state index >= 15 is 0 Å². The normalized spacial score (nSPS) is 11.5. The maximum Gasteiger partial charge on any atom is 0.179 e. The van der Waals surface area contributed by atoms with Gasteiger partial charge in [0.1, 0.15) is 5.82 Å². The van der Waals surface area contributed by atoms with E-state index in [4.69, 9.17) is 4.98 Å². The largest absolute Gasteiger partial charge is 0.292 e. The van der Waals surface area contributed by atoms with Crippen LogP contribution in [-0.4, -0.2) is 17.6 Å². The molecule has 0 fully saturated rings. The molecule has 4 heteroatoms. The van der Waals surface area contributed by atoms with Crippen molar-refractivity contribution in [1.29, 1.82) is 0 Å². The highest BCUT2D eigenvalue weighted by molar-refractivity contribution is 9.10. The molecule has 1 heterocycles. The predicted molar refractivity (Wildman–Crippen MR) is 178 cm³/mol. The van der Waals surface area contributed by atoms with Crippen molar-refractivity contribution in [3.05, 3.63) is 168 Å². The molecule has 7 aromatic rings. The molecule has 7 rings (SSSR count). The van der Waals surface area contributed by atoms with Crippen LogP contribution in [0.2, 0.25) is 0 Å². The summed E-state index contributed by atoms with van der Waals surface area (Å²) in [6.45, 7) is 0. The number of aromatic nitrogens is 2. The van der Waals surface area contributed by atoms with Crippen LogP contribution in [0.15, 0.2) is 168 Å². The van der Waals surface area contributed by atoms with Gasteiger partial charge in [-0.2, -0.15) is 0 Å². The van der Waals surface area contributed by atoms with Gasteiger partial charge in [0.2, 0.25) is 0 Å². The van der Waals surface area contributed by atoms with E-state index in [1.807, 2.05) is 0 Å². The highest BCUT2D eigenvalue weighted by Crippen LogP contribution is 2.28. The van der Waals surface area contributed by atoms with E-state index in [0.717, 1.165) is 32.6 Å². The minimum Gasteiger partial charge on any atom is -0.292 e. The molecule has 0 aliphatic carbocycles. The third kappa shape index (κ3) is 4.46. The average Bonchev–Trinajstić information content (AvgIpc) is 3.43. The van der Waals surface area contributed by atoms with Crippen molar-refractivity contribution < 1.29 is 0 Å². The Kier molecular flexibility index (Phi) is 6.71. The van der Waals surface area contributed by atoms with Crippen LogP contribution in [0.25, 0.3) is 28.1 Å². The van der Waals surface area contributed by atoms with Crippen molar-refractivity contribution in [3.63, 3.8) is 0 Å². The van der Waals surface area contributed by atoms with E-state index in [-0.39, 0.29) is 0 Å². The van der Waals surface area contributed by atoms with Crippen LogP contribution in [-0.2, 0) is 0 Å². The minimum absolute atomic E-state index is 0.942. The van der Waals surface area contributed by atoms with Crippen LogP contribution in [0.4, 0.5) is 0 Å². The number of para-hydroxylation sites is 3. The number of halogens is 1. The topological polar surface area (TPSA) is 17.8 Å². The van der Waals surface area contributed by atoms with Gasteiger partial charge < -0.3 is 0 Å². The number of hydrogen-bond acceptors (Lipinski definition) is 1. The maximum atomic E-state index is 5.19. The molecule has 41 heavy (non-hydrogen) atoms. The molecule has 0 radical (unpaired) electrons. The zero-order valence-corrected chi connectivity index (χ0v) is 24.9. The van der Waals surface area contributed by atoms with Crippen molar-refractivity contribution in [1.82, 2.24) is 9.55 Å². The smallest absolute Gasteiger partial charge is 0.179 e. The van der Waals surface area contributed by atoms with E-state index in [0.29, 0.717) is 0 Å². The predicted octanol–water partition coefficient (Wildman–Crippen LogP) is 6.83. The van der Waals surface area contributed by atoms with Gasteiger partial charge in [0, 0.05) is 15.7 Å². The van der Waals surface area contributed by atoms with Crippen LogP contribution in [0.1, 0.15) is 0 Å². The molecule has 0 N–H and O–H groups in total. The van der Waals surface area contributed by atoms with Gasteiger partial charge in [0.15, 0.2) is 8.07 Å². The number of nitrogens with zero attached hydrogens (tertiary/aromatic N) is 2. The second kappa shape index (κ2) is 10.8. The molecule has 0 amide bonds. The highest BCUT2D eigenvalue weighted by atomic mass is 79.9. The summed E-state index contributed by atoms with van der Waals surface area (Å²) in [5.41, 5.74) is 4.28. The summed E-state index contributed by atoms with van der Waals surface area (Å²) in [7, 11) is -2.70. The fourth-order valence-electron chi connectivity index (χ4n) is 6.05. The lowest BCUT2D eigenvalue weighted by Crippen LogP contribution is -2.74. The Balaban J connectivity index is 1.55. The van der Waals surface area contributed by atoms with Crippen LogP contribution in [0, 0.1) is 0 Å². The Hall–Kier alpha value is -4.51. The van der Waals surface area contributed by atoms with Gasteiger partial charge in [-0.1, -0.05) is 143 Å². The number of imidazole rings is 1. The Morgan fingerprint density at radius 2 is 1.02 bits per heavy atom. The Bertz CT molecular complexity index is 1910. The molecule has 0 unspecified atom stereocenters. The summed E-state index contributed by atoms with van der Waals surface area (Å²) in [4.78, 5) is 5.19. The lowest BCUT2D eigenvalue weighted by molar-refractivity contribution is 1.10. The van der Waals surface area contributed by atoms with Gasteiger partial charge in [-0.15, -0.1) is 0 Å². The number of rotatable bonds is 6. The van der Waals surface area contributed by atoms with E-state index in [1.165, 1.54) is 20.7 Å². The lowest BCUT2D eigenvalue weighted by atomic mass is 10.2. The Morgan fingerprint density at radius 1 is 0.488 bits per heavy atom. The summed E-state index contributed by atoms with van der Waals surface area (Å²) in [6, 6.07) is 58.9. The van der Waals surface area contributed by atoms with Crippen molar-refractivity contribution in [2.24, 2.45) is 0 Å². The van der Waals surface area contributed by atoms with E-state index < -0.39 is 8.07 Å². The average molecular weight is 608 g/mol. The second-order valence-corrected chi connectivity index (χ2v) is 14.9. The molecule has 0 aliphatic rings. The van der Waals surface area contributed by atoms with Crippen molar-refractivity contribution >= 4 is 55.8 Å². The monoisotopic (exact) mass is 606 g/mol. The molecule has 0 saturated heterocycles. The molecule has 6 aromatic carbocycles. The first-order valence-electron chi connectivity index (χ1n) is 13.8. The number of hydrogen-bond donors (Lipinski definition) is 0. The summed E-state index contributed by atoms with van der Waals surface area (Å²) < 4.78 is 3.36. The SMILES string of the molecule is Brc1cccc([Si](c2ccccc2)(c2ccccc2)c2cccc(-c3nc4ccccc4n3-c3ccccc3)c2)c1. The first-order valence-corrected chi connectivity index (χ1v) is 16.6. The fraction of sp³-hybridized carbons (Fsp3) is 0. The van der Waals surface area contributed by atoms with Crippen molar-refractivity contribution in [2.75, 3.05) is 0 Å². The first kappa shape index (κ1) is 25.5. The molecule has 0 bridgehead atoms. The summed E-state index contributed by atoms with van der Waals surface area (Å²) in [6.07, 6.45) is 0. The second-order valence-electron chi connectivity index (χ2n) is 10.2. The fourth-order valence-corrected chi connectivity index (χ4v) is 11.5. The summed E-state index contributed by atoms with van der Waals surface area (Å²) in [5, 5.41) is 5.34. The lowest BCUT2D eigenvalue weighted by Gasteiger charge is -2.34. The number of fused-ring (bicyclic) bond motifs is 1. The summed E-state index contributed by atoms with van der Waals surface area (Å²) >= 11 is 3.79. The minimum atomic E-state index is -2.70. The van der Waals surface area contributed by atoms with Crippen LogP contribution in [0.3, 0.4) is 0 Å². The zero-order chi connectivity index (χ0) is 27.6. The molecular weight excluding hydrogens is 580 g/mol. The number of benzene rings is 6. The third-order valence-electron chi connectivity index (χ3n) is 7.80. The maximum absolute atomic E-state index is 5.19. The van der Waals surface area contributed by atoms with Gasteiger partial charge in [-0.25, -0.2) is 4.98 Å².